The van der Waals surface area contributed by atoms with Gasteiger partial charge in [-0.2, -0.15) is 4.98 Å². The van der Waals surface area contributed by atoms with Gasteiger partial charge in [-0.1, -0.05) is 40.5 Å². The van der Waals surface area contributed by atoms with Gasteiger partial charge < -0.3 is 24.8 Å². The Kier molecular flexibility index (Phi) is 5.94. The summed E-state index contributed by atoms with van der Waals surface area (Å²) in [6.45, 7) is -0.153. The first-order chi connectivity index (χ1) is 14.0. The average Bonchev–Trinajstić information content (AvgIpc) is 3.16. The molecule has 0 spiro atoms. The molecule has 0 aliphatic carbocycles. The van der Waals surface area contributed by atoms with E-state index in [1.165, 1.54) is 12.1 Å². The Hall–Kier alpha value is -3.18. The molecule has 158 valence electrons. The number of phenolic OH excluding ortho intramolecular Hbond substituents is 2. The first kappa shape index (κ1) is 21.5. The number of ether oxygens (including phenoxy) is 1. The third-order valence-corrected chi connectivity index (χ3v) is 4.26. The molecule has 0 radical (unpaired) electrons. The molecule has 1 aromatic heterocycles. The van der Waals surface area contributed by atoms with Gasteiger partial charge in [0.1, 0.15) is 10.8 Å². The van der Waals surface area contributed by atoms with Crippen molar-refractivity contribution < 1.29 is 37.4 Å². The van der Waals surface area contributed by atoms with Crippen LogP contribution in [0.3, 0.4) is 0 Å². The largest absolute Gasteiger partial charge is 0.573 e. The van der Waals surface area contributed by atoms with Crippen molar-refractivity contribution in [3.63, 3.8) is 0 Å². The lowest BCUT2D eigenvalue weighted by Gasteiger charge is -2.10. The highest BCUT2D eigenvalue weighted by Gasteiger charge is 2.31. The van der Waals surface area contributed by atoms with Crippen molar-refractivity contribution in [2.24, 2.45) is 0 Å². The van der Waals surface area contributed by atoms with Crippen LogP contribution < -0.4 is 10.1 Å². The van der Waals surface area contributed by atoms with Crippen molar-refractivity contribution in [3.05, 3.63) is 51.8 Å². The fourth-order valence-electron chi connectivity index (χ4n) is 2.30. The van der Waals surface area contributed by atoms with Crippen LogP contribution in [-0.2, 0) is 6.54 Å². The number of alkyl halides is 3. The molecule has 0 fully saturated rings. The molecular formula is C17H10Cl2F3N3O5. The number of phenols is 2. The molecule has 1 heterocycles. The standard InChI is InChI=1S/C17H10Cl2F3N3O5/c18-10-5-9(12(26)11(19)13(10)27)16-24-14(25-30-16)15(28)23-6-7-2-1-3-8(4-7)29-17(20,21)22/h1-5,26-27H,6H2,(H,23,28). The van der Waals surface area contributed by atoms with E-state index in [9.17, 15) is 28.2 Å². The normalized spacial score (nSPS) is 11.4. The summed E-state index contributed by atoms with van der Waals surface area (Å²) >= 11 is 11.5. The molecule has 0 aliphatic heterocycles. The quantitative estimate of drug-likeness (QED) is 0.516. The zero-order valence-corrected chi connectivity index (χ0v) is 16.0. The van der Waals surface area contributed by atoms with Gasteiger partial charge in [0.15, 0.2) is 11.5 Å². The van der Waals surface area contributed by atoms with Crippen molar-refractivity contribution >= 4 is 29.1 Å². The molecule has 0 saturated heterocycles. The highest BCUT2D eigenvalue weighted by atomic mass is 35.5. The molecule has 0 bridgehead atoms. The Morgan fingerprint density at radius 1 is 1.20 bits per heavy atom. The fourth-order valence-corrected chi connectivity index (χ4v) is 2.76. The summed E-state index contributed by atoms with van der Waals surface area (Å²) in [4.78, 5) is 16.0. The zero-order valence-electron chi connectivity index (χ0n) is 14.5. The molecule has 2 aromatic carbocycles. The number of rotatable bonds is 5. The monoisotopic (exact) mass is 463 g/mol. The van der Waals surface area contributed by atoms with Crippen LogP contribution in [0.15, 0.2) is 34.9 Å². The number of halogens is 5. The third-order valence-electron chi connectivity index (χ3n) is 3.61. The molecule has 1 amide bonds. The fraction of sp³-hybridized carbons (Fsp3) is 0.118. The van der Waals surface area contributed by atoms with Crippen LogP contribution in [0.2, 0.25) is 10.0 Å². The molecule has 3 N–H and O–H groups in total. The number of aromatic hydroxyl groups is 2. The molecule has 30 heavy (non-hydrogen) atoms. The van der Waals surface area contributed by atoms with Crippen LogP contribution in [0.5, 0.6) is 17.2 Å². The Labute approximate surface area is 175 Å². The van der Waals surface area contributed by atoms with E-state index < -0.39 is 40.4 Å². The van der Waals surface area contributed by atoms with Crippen LogP contribution in [0.4, 0.5) is 13.2 Å². The predicted octanol–water partition coefficient (Wildman–Crippen LogP) is 4.28. The van der Waals surface area contributed by atoms with Crippen molar-refractivity contribution in [1.82, 2.24) is 15.5 Å². The van der Waals surface area contributed by atoms with E-state index in [-0.39, 0.29) is 23.0 Å². The molecule has 0 aliphatic rings. The van der Waals surface area contributed by atoms with Crippen molar-refractivity contribution in [1.29, 1.82) is 0 Å². The van der Waals surface area contributed by atoms with Crippen LogP contribution >= 0.6 is 23.2 Å². The third kappa shape index (κ3) is 4.86. The molecule has 0 atom stereocenters. The SMILES string of the molecule is O=C(NCc1cccc(OC(F)(F)F)c1)c1noc(-c2cc(Cl)c(O)c(Cl)c2O)n1. The summed E-state index contributed by atoms with van der Waals surface area (Å²) in [6.07, 6.45) is -4.84. The number of aromatic nitrogens is 2. The first-order valence-corrected chi connectivity index (χ1v) is 8.67. The van der Waals surface area contributed by atoms with Crippen molar-refractivity contribution in [2.75, 3.05) is 0 Å². The van der Waals surface area contributed by atoms with E-state index in [4.69, 9.17) is 27.7 Å². The van der Waals surface area contributed by atoms with Gasteiger partial charge in [-0.05, 0) is 23.8 Å². The number of carbonyl (C=O) groups excluding carboxylic acids is 1. The second-order valence-electron chi connectivity index (χ2n) is 5.72. The van der Waals surface area contributed by atoms with E-state index >= 15 is 0 Å². The van der Waals surface area contributed by atoms with Gasteiger partial charge in [0, 0.05) is 6.54 Å². The van der Waals surface area contributed by atoms with Gasteiger partial charge in [0.05, 0.1) is 10.6 Å². The Bertz CT molecular complexity index is 1100. The highest BCUT2D eigenvalue weighted by Crippen LogP contribution is 2.44. The maximum atomic E-state index is 12.3. The Morgan fingerprint density at radius 2 is 1.93 bits per heavy atom. The van der Waals surface area contributed by atoms with Gasteiger partial charge in [-0.25, -0.2) is 0 Å². The van der Waals surface area contributed by atoms with E-state index in [2.05, 4.69) is 20.2 Å². The number of amides is 1. The highest BCUT2D eigenvalue weighted by molar-refractivity contribution is 6.38. The smallest absolute Gasteiger partial charge is 0.505 e. The van der Waals surface area contributed by atoms with Crippen molar-refractivity contribution in [2.45, 2.75) is 12.9 Å². The van der Waals surface area contributed by atoms with Crippen LogP contribution in [-0.4, -0.2) is 32.6 Å². The zero-order chi connectivity index (χ0) is 22.1. The number of benzene rings is 2. The van der Waals surface area contributed by atoms with Crippen LogP contribution in [0, 0.1) is 0 Å². The Morgan fingerprint density at radius 3 is 2.63 bits per heavy atom. The van der Waals surface area contributed by atoms with Gasteiger partial charge in [-0.15, -0.1) is 13.2 Å². The minimum atomic E-state index is -4.84. The minimum absolute atomic E-state index is 0.119. The van der Waals surface area contributed by atoms with E-state index in [0.29, 0.717) is 5.56 Å². The first-order valence-electron chi connectivity index (χ1n) is 7.92. The lowest BCUT2D eigenvalue weighted by molar-refractivity contribution is -0.274. The molecule has 8 nitrogen and oxygen atoms in total. The summed E-state index contributed by atoms with van der Waals surface area (Å²) in [5, 5.41) is 24.8. The summed E-state index contributed by atoms with van der Waals surface area (Å²) in [6, 6.07) is 6.14. The molecule has 0 saturated carbocycles. The maximum Gasteiger partial charge on any atom is 0.573 e. The molecule has 0 unspecified atom stereocenters. The van der Waals surface area contributed by atoms with Crippen LogP contribution in [0.25, 0.3) is 11.5 Å². The minimum Gasteiger partial charge on any atom is -0.505 e. The number of carbonyl (C=O) groups is 1. The Balaban J connectivity index is 1.72. The van der Waals surface area contributed by atoms with E-state index in [1.807, 2.05) is 0 Å². The maximum absolute atomic E-state index is 12.3. The summed E-state index contributed by atoms with van der Waals surface area (Å²) < 4.78 is 45.6. The summed E-state index contributed by atoms with van der Waals surface area (Å²) in [7, 11) is 0. The number of nitrogens with one attached hydrogen (secondary N) is 1. The van der Waals surface area contributed by atoms with Gasteiger partial charge >= 0.3 is 6.36 Å². The molecule has 3 aromatic rings. The van der Waals surface area contributed by atoms with Gasteiger partial charge in [0.25, 0.3) is 17.6 Å². The number of nitrogens with zero attached hydrogens (tertiary/aromatic N) is 2. The summed E-state index contributed by atoms with van der Waals surface area (Å²) in [5.74, 6) is -3.10. The topological polar surface area (TPSA) is 118 Å². The van der Waals surface area contributed by atoms with E-state index in [1.54, 1.807) is 0 Å². The molecule has 3 rings (SSSR count). The lowest BCUT2D eigenvalue weighted by Crippen LogP contribution is -2.24. The van der Waals surface area contributed by atoms with Gasteiger partial charge in [-0.3, -0.25) is 4.79 Å². The second-order valence-corrected chi connectivity index (χ2v) is 6.50. The van der Waals surface area contributed by atoms with Crippen LogP contribution in [0.1, 0.15) is 16.2 Å². The second kappa shape index (κ2) is 8.28. The molecule has 13 heteroatoms. The summed E-state index contributed by atoms with van der Waals surface area (Å²) in [5.41, 5.74) is 0.204. The van der Waals surface area contributed by atoms with E-state index in [0.717, 1.165) is 18.2 Å². The lowest BCUT2D eigenvalue weighted by atomic mass is 10.2. The van der Waals surface area contributed by atoms with Crippen molar-refractivity contribution in [3.8, 4) is 28.7 Å². The average molecular weight is 464 g/mol. The molecular weight excluding hydrogens is 454 g/mol. The number of hydrogen-bond acceptors (Lipinski definition) is 7. The predicted molar refractivity (Wildman–Crippen MR) is 97.4 cm³/mol. The van der Waals surface area contributed by atoms with Gasteiger partial charge in [0.2, 0.25) is 0 Å². The number of hydrogen-bond donors (Lipinski definition) is 3.